The van der Waals surface area contributed by atoms with Crippen LogP contribution in [0.15, 0.2) is 0 Å². The lowest BCUT2D eigenvalue weighted by molar-refractivity contribution is -0.142. The fraction of sp³-hybridized carbons (Fsp3) is 0.867. The molecule has 0 radical (unpaired) electrons. The van der Waals surface area contributed by atoms with Crippen molar-refractivity contribution in [2.24, 2.45) is 11.8 Å². The minimum atomic E-state index is -0.701. The number of amides is 2. The molecule has 2 aliphatic rings. The monoisotopic (exact) mass is 282 g/mol. The van der Waals surface area contributed by atoms with E-state index < -0.39 is 5.97 Å². The lowest BCUT2D eigenvalue weighted by Crippen LogP contribution is -2.52. The minimum absolute atomic E-state index is 0.0307. The van der Waals surface area contributed by atoms with E-state index in [0.29, 0.717) is 24.8 Å². The van der Waals surface area contributed by atoms with Crippen LogP contribution >= 0.6 is 0 Å². The standard InChI is InChI=1S/C15H26N2O3/c1-10-7-8-17(11(2)9-10)15(20)16-13-5-3-12(4-6-13)14(18)19/h10-13H,3-9H2,1-2H3,(H,16,20)(H,18,19). The molecule has 114 valence electrons. The van der Waals surface area contributed by atoms with Crippen LogP contribution in [0.3, 0.4) is 0 Å². The Hall–Kier alpha value is -1.26. The van der Waals surface area contributed by atoms with Gasteiger partial charge in [0.1, 0.15) is 0 Å². The van der Waals surface area contributed by atoms with Gasteiger partial charge in [0.15, 0.2) is 0 Å². The molecular weight excluding hydrogens is 256 g/mol. The molecule has 5 heteroatoms. The van der Waals surface area contributed by atoms with Crippen molar-refractivity contribution in [3.63, 3.8) is 0 Å². The molecule has 0 aromatic rings. The van der Waals surface area contributed by atoms with Crippen molar-refractivity contribution < 1.29 is 14.7 Å². The Labute approximate surface area is 120 Å². The van der Waals surface area contributed by atoms with Crippen LogP contribution in [0, 0.1) is 11.8 Å². The summed E-state index contributed by atoms with van der Waals surface area (Å²) in [4.78, 5) is 25.1. The van der Waals surface area contributed by atoms with E-state index in [0.717, 1.165) is 32.2 Å². The highest BCUT2D eigenvalue weighted by Gasteiger charge is 2.30. The molecular formula is C15H26N2O3. The van der Waals surface area contributed by atoms with Crippen LogP contribution in [-0.2, 0) is 4.79 Å². The zero-order valence-corrected chi connectivity index (χ0v) is 12.5. The predicted octanol–water partition coefficient (Wildman–Crippen LogP) is 2.46. The molecule has 2 atom stereocenters. The van der Waals surface area contributed by atoms with Crippen LogP contribution in [0.4, 0.5) is 4.79 Å². The molecule has 1 aliphatic carbocycles. The first-order chi connectivity index (χ1) is 9.47. The fourth-order valence-electron chi connectivity index (χ4n) is 3.45. The van der Waals surface area contributed by atoms with Gasteiger partial charge in [-0.15, -0.1) is 0 Å². The topological polar surface area (TPSA) is 69.6 Å². The Morgan fingerprint density at radius 1 is 1.10 bits per heavy atom. The average molecular weight is 282 g/mol. The molecule has 1 heterocycles. The second-order valence-corrected chi connectivity index (χ2v) is 6.51. The number of carboxylic acids is 1. The van der Waals surface area contributed by atoms with Crippen molar-refractivity contribution in [1.82, 2.24) is 10.2 Å². The Balaban J connectivity index is 1.79. The van der Waals surface area contributed by atoms with Gasteiger partial charge in [0, 0.05) is 18.6 Å². The Morgan fingerprint density at radius 3 is 2.30 bits per heavy atom. The summed E-state index contributed by atoms with van der Waals surface area (Å²) < 4.78 is 0. The largest absolute Gasteiger partial charge is 0.481 e. The van der Waals surface area contributed by atoms with Crippen molar-refractivity contribution in [2.45, 2.75) is 64.5 Å². The number of piperidine rings is 1. The smallest absolute Gasteiger partial charge is 0.317 e. The van der Waals surface area contributed by atoms with E-state index in [4.69, 9.17) is 5.11 Å². The van der Waals surface area contributed by atoms with Crippen LogP contribution in [0.1, 0.15) is 52.4 Å². The predicted molar refractivity (Wildman–Crippen MR) is 76.5 cm³/mol. The molecule has 1 saturated carbocycles. The van der Waals surface area contributed by atoms with Crippen molar-refractivity contribution in [2.75, 3.05) is 6.54 Å². The van der Waals surface area contributed by atoms with Crippen LogP contribution in [0.5, 0.6) is 0 Å². The third kappa shape index (κ3) is 3.64. The lowest BCUT2D eigenvalue weighted by atomic mass is 9.86. The molecule has 0 aromatic heterocycles. The number of urea groups is 1. The van der Waals surface area contributed by atoms with Gasteiger partial charge in [0.25, 0.3) is 0 Å². The van der Waals surface area contributed by atoms with Gasteiger partial charge >= 0.3 is 12.0 Å². The van der Waals surface area contributed by atoms with Gasteiger partial charge in [0.2, 0.25) is 0 Å². The Kier molecular flexibility index (Phi) is 4.89. The number of nitrogens with one attached hydrogen (secondary N) is 1. The van der Waals surface area contributed by atoms with E-state index >= 15 is 0 Å². The van der Waals surface area contributed by atoms with Gasteiger partial charge in [-0.3, -0.25) is 4.79 Å². The molecule has 2 fully saturated rings. The number of likely N-dealkylation sites (tertiary alicyclic amines) is 1. The quantitative estimate of drug-likeness (QED) is 0.817. The van der Waals surface area contributed by atoms with E-state index in [9.17, 15) is 9.59 Å². The number of nitrogens with zero attached hydrogens (tertiary/aromatic N) is 1. The van der Waals surface area contributed by atoms with E-state index in [1.54, 1.807) is 0 Å². The van der Waals surface area contributed by atoms with E-state index in [-0.39, 0.29) is 18.0 Å². The number of hydrogen-bond donors (Lipinski definition) is 2. The summed E-state index contributed by atoms with van der Waals surface area (Å²) in [6.07, 6.45) is 5.05. The molecule has 1 saturated heterocycles. The maximum atomic E-state index is 12.3. The zero-order chi connectivity index (χ0) is 14.7. The van der Waals surface area contributed by atoms with E-state index in [1.165, 1.54) is 0 Å². The number of carbonyl (C=O) groups is 2. The maximum absolute atomic E-state index is 12.3. The molecule has 1 aliphatic heterocycles. The Morgan fingerprint density at radius 2 is 1.75 bits per heavy atom. The van der Waals surface area contributed by atoms with Crippen LogP contribution in [-0.4, -0.2) is 40.6 Å². The van der Waals surface area contributed by atoms with Gasteiger partial charge in [-0.1, -0.05) is 6.92 Å². The van der Waals surface area contributed by atoms with Crippen LogP contribution in [0.25, 0.3) is 0 Å². The summed E-state index contributed by atoms with van der Waals surface area (Å²) in [5, 5.41) is 12.1. The molecule has 20 heavy (non-hydrogen) atoms. The summed E-state index contributed by atoms with van der Waals surface area (Å²) in [6, 6.07) is 0.474. The molecule has 0 aromatic carbocycles. The molecule has 2 rings (SSSR count). The maximum Gasteiger partial charge on any atom is 0.317 e. The summed E-state index contributed by atoms with van der Waals surface area (Å²) in [5.41, 5.74) is 0. The van der Waals surface area contributed by atoms with Crippen molar-refractivity contribution in [1.29, 1.82) is 0 Å². The lowest BCUT2D eigenvalue weighted by Gasteiger charge is -2.38. The summed E-state index contributed by atoms with van der Waals surface area (Å²) in [7, 11) is 0. The van der Waals surface area contributed by atoms with Crippen LogP contribution in [0.2, 0.25) is 0 Å². The van der Waals surface area contributed by atoms with Crippen LogP contribution < -0.4 is 5.32 Å². The number of aliphatic carboxylic acids is 1. The molecule has 0 bridgehead atoms. The molecule has 2 N–H and O–H groups in total. The summed E-state index contributed by atoms with van der Waals surface area (Å²) >= 11 is 0. The first kappa shape index (κ1) is 15.1. The highest BCUT2D eigenvalue weighted by atomic mass is 16.4. The third-order valence-corrected chi connectivity index (χ3v) is 4.80. The first-order valence-corrected chi connectivity index (χ1v) is 7.77. The SMILES string of the molecule is CC1CCN(C(=O)NC2CCC(C(=O)O)CC2)C(C)C1. The second-order valence-electron chi connectivity index (χ2n) is 6.51. The van der Waals surface area contributed by atoms with Gasteiger partial charge in [0.05, 0.1) is 5.92 Å². The third-order valence-electron chi connectivity index (χ3n) is 4.80. The van der Waals surface area contributed by atoms with E-state index in [1.807, 2.05) is 4.90 Å². The van der Waals surface area contributed by atoms with Gasteiger partial charge in [-0.2, -0.15) is 0 Å². The van der Waals surface area contributed by atoms with E-state index in [2.05, 4.69) is 19.2 Å². The highest BCUT2D eigenvalue weighted by molar-refractivity contribution is 5.75. The Bertz CT molecular complexity index is 364. The fourth-order valence-corrected chi connectivity index (χ4v) is 3.45. The normalized spacial score (nSPS) is 34.6. The number of carbonyl (C=O) groups excluding carboxylic acids is 1. The van der Waals surface area contributed by atoms with Gasteiger partial charge in [-0.25, -0.2) is 4.79 Å². The molecule has 2 unspecified atom stereocenters. The second kappa shape index (κ2) is 6.46. The van der Waals surface area contributed by atoms with Crippen molar-refractivity contribution in [3.05, 3.63) is 0 Å². The minimum Gasteiger partial charge on any atom is -0.481 e. The molecule has 5 nitrogen and oxygen atoms in total. The zero-order valence-electron chi connectivity index (χ0n) is 12.5. The highest BCUT2D eigenvalue weighted by Crippen LogP contribution is 2.26. The molecule has 0 spiro atoms. The first-order valence-electron chi connectivity index (χ1n) is 7.77. The number of carboxylic acid groups (broad SMARTS) is 1. The van der Waals surface area contributed by atoms with Crippen molar-refractivity contribution >= 4 is 12.0 Å². The van der Waals surface area contributed by atoms with Crippen molar-refractivity contribution in [3.8, 4) is 0 Å². The number of hydrogen-bond acceptors (Lipinski definition) is 2. The van der Waals surface area contributed by atoms with Gasteiger partial charge < -0.3 is 15.3 Å². The summed E-state index contributed by atoms with van der Waals surface area (Å²) in [5.74, 6) is -0.230. The number of rotatable bonds is 2. The van der Waals surface area contributed by atoms with Gasteiger partial charge in [-0.05, 0) is 51.4 Å². The summed E-state index contributed by atoms with van der Waals surface area (Å²) in [6.45, 7) is 5.17. The average Bonchev–Trinajstić information content (AvgIpc) is 2.39. The molecule has 2 amide bonds.